The second kappa shape index (κ2) is 6.06. The Morgan fingerprint density at radius 2 is 1.52 bits per heavy atom. The van der Waals surface area contributed by atoms with Crippen molar-refractivity contribution in [1.82, 2.24) is 0 Å². The number of ketones is 1. The first-order valence-corrected chi connectivity index (χ1v) is 6.84. The van der Waals surface area contributed by atoms with E-state index in [4.69, 9.17) is 0 Å². The van der Waals surface area contributed by atoms with Crippen molar-refractivity contribution >= 4 is 22.2 Å². The maximum Gasteiger partial charge on any atom is 0.187 e. The van der Waals surface area contributed by atoms with Crippen molar-refractivity contribution in [2.24, 2.45) is 0 Å². The molecule has 1 N–H and O–H groups in total. The fourth-order valence-electron chi connectivity index (χ4n) is 2.19. The molecule has 0 heterocycles. The predicted octanol–water partition coefficient (Wildman–Crippen LogP) is 4.65. The Labute approximate surface area is 123 Å². The van der Waals surface area contributed by atoms with E-state index in [2.05, 4.69) is 5.32 Å². The van der Waals surface area contributed by atoms with Crippen LogP contribution in [0.1, 0.15) is 10.4 Å². The third-order valence-electron chi connectivity index (χ3n) is 3.29. The second-order valence-corrected chi connectivity index (χ2v) is 4.77. The summed E-state index contributed by atoms with van der Waals surface area (Å²) in [4.78, 5) is 12.2. The Kier molecular flexibility index (Phi) is 3.79. The Morgan fingerprint density at radius 1 is 0.810 bits per heavy atom. The summed E-state index contributed by atoms with van der Waals surface area (Å²) in [5.74, 6) is -0.0100. The van der Waals surface area contributed by atoms with Crippen LogP contribution in [0.2, 0.25) is 0 Å². The van der Waals surface area contributed by atoms with Crippen LogP contribution in [0.3, 0.4) is 0 Å². The summed E-state index contributed by atoms with van der Waals surface area (Å²) in [6.45, 7) is 0. The van der Waals surface area contributed by atoms with Gasteiger partial charge in [-0.25, -0.2) is 0 Å². The van der Waals surface area contributed by atoms with Gasteiger partial charge in [-0.2, -0.15) is 0 Å². The van der Waals surface area contributed by atoms with E-state index in [9.17, 15) is 4.79 Å². The minimum atomic E-state index is -0.0100. The number of fused-ring (bicyclic) bond motifs is 1. The molecule has 2 heteroatoms. The van der Waals surface area contributed by atoms with Gasteiger partial charge in [0.2, 0.25) is 0 Å². The van der Waals surface area contributed by atoms with Crippen LogP contribution in [-0.4, -0.2) is 5.78 Å². The maximum absolute atomic E-state index is 12.2. The van der Waals surface area contributed by atoms with Crippen molar-refractivity contribution in [3.63, 3.8) is 0 Å². The highest BCUT2D eigenvalue weighted by Gasteiger charge is 2.02. The summed E-state index contributed by atoms with van der Waals surface area (Å²) in [5, 5.41) is 5.30. The van der Waals surface area contributed by atoms with Crippen LogP contribution in [0.4, 0.5) is 5.69 Å². The molecule has 0 fully saturated rings. The molecule has 0 saturated carbocycles. The summed E-state index contributed by atoms with van der Waals surface area (Å²) < 4.78 is 0. The van der Waals surface area contributed by atoms with E-state index >= 15 is 0 Å². The summed E-state index contributed by atoms with van der Waals surface area (Å²) >= 11 is 0. The van der Waals surface area contributed by atoms with Crippen LogP contribution in [0, 0.1) is 0 Å². The molecule has 0 atom stereocenters. The fourth-order valence-corrected chi connectivity index (χ4v) is 2.19. The number of anilines is 1. The molecule has 0 radical (unpaired) electrons. The first kappa shape index (κ1) is 13.1. The molecule has 0 amide bonds. The van der Waals surface area contributed by atoms with E-state index in [-0.39, 0.29) is 5.78 Å². The number of para-hydroxylation sites is 1. The van der Waals surface area contributed by atoms with Crippen LogP contribution in [0.5, 0.6) is 0 Å². The number of nitrogens with one attached hydrogen (secondary N) is 1. The second-order valence-electron chi connectivity index (χ2n) is 4.77. The van der Waals surface area contributed by atoms with Crippen molar-refractivity contribution in [1.29, 1.82) is 0 Å². The maximum atomic E-state index is 12.2. The average molecular weight is 273 g/mol. The average Bonchev–Trinajstić information content (AvgIpc) is 2.55. The highest BCUT2D eigenvalue weighted by molar-refractivity contribution is 6.06. The van der Waals surface area contributed by atoms with Crippen LogP contribution >= 0.6 is 0 Å². The molecule has 0 aliphatic rings. The van der Waals surface area contributed by atoms with Gasteiger partial charge in [0.25, 0.3) is 0 Å². The van der Waals surface area contributed by atoms with Gasteiger partial charge in [0, 0.05) is 23.5 Å². The minimum absolute atomic E-state index is 0.0100. The largest absolute Gasteiger partial charge is 0.362 e. The van der Waals surface area contributed by atoms with Gasteiger partial charge < -0.3 is 5.32 Å². The predicted molar refractivity (Wildman–Crippen MR) is 87.5 cm³/mol. The van der Waals surface area contributed by atoms with E-state index in [0.717, 1.165) is 16.5 Å². The van der Waals surface area contributed by atoms with Crippen LogP contribution in [0.15, 0.2) is 85.1 Å². The number of hydrogen-bond acceptors (Lipinski definition) is 2. The first-order valence-electron chi connectivity index (χ1n) is 6.84. The molecule has 0 unspecified atom stereocenters. The van der Waals surface area contributed by atoms with Crippen molar-refractivity contribution in [2.75, 3.05) is 5.32 Å². The zero-order valence-electron chi connectivity index (χ0n) is 11.5. The van der Waals surface area contributed by atoms with Crippen molar-refractivity contribution in [3.8, 4) is 0 Å². The lowest BCUT2D eigenvalue weighted by atomic mass is 10.0. The van der Waals surface area contributed by atoms with Crippen molar-refractivity contribution in [3.05, 3.63) is 90.6 Å². The number of carbonyl (C=O) groups is 1. The normalized spacial score (nSPS) is 10.9. The molecule has 2 nitrogen and oxygen atoms in total. The van der Waals surface area contributed by atoms with Gasteiger partial charge in [-0.05, 0) is 29.0 Å². The number of hydrogen-bond donors (Lipinski definition) is 1. The SMILES string of the molecule is O=C(C=CNc1ccccc1)c1ccc2ccccc2c1. The van der Waals surface area contributed by atoms with E-state index in [1.807, 2.05) is 72.8 Å². The van der Waals surface area contributed by atoms with Gasteiger partial charge in [-0.3, -0.25) is 4.79 Å². The van der Waals surface area contributed by atoms with E-state index in [0.29, 0.717) is 5.56 Å². The van der Waals surface area contributed by atoms with Gasteiger partial charge in [0.05, 0.1) is 0 Å². The summed E-state index contributed by atoms with van der Waals surface area (Å²) in [5.41, 5.74) is 1.65. The van der Waals surface area contributed by atoms with Crippen LogP contribution in [0.25, 0.3) is 10.8 Å². The van der Waals surface area contributed by atoms with Crippen molar-refractivity contribution < 1.29 is 4.79 Å². The Hall–Kier alpha value is -2.87. The topological polar surface area (TPSA) is 29.1 Å². The highest BCUT2D eigenvalue weighted by Crippen LogP contribution is 2.16. The Morgan fingerprint density at radius 3 is 2.33 bits per heavy atom. The summed E-state index contributed by atoms with van der Waals surface area (Å²) in [6, 6.07) is 23.5. The number of benzene rings is 3. The zero-order valence-corrected chi connectivity index (χ0v) is 11.5. The molecule has 3 rings (SSSR count). The van der Waals surface area contributed by atoms with Crippen molar-refractivity contribution in [2.45, 2.75) is 0 Å². The van der Waals surface area contributed by atoms with Gasteiger partial charge in [-0.1, -0.05) is 54.6 Å². The van der Waals surface area contributed by atoms with Gasteiger partial charge in [0.15, 0.2) is 5.78 Å². The molecular formula is C19H15NO. The molecule has 0 bridgehead atoms. The molecule has 0 aromatic heterocycles. The third kappa shape index (κ3) is 3.18. The molecule has 0 aliphatic carbocycles. The number of rotatable bonds is 4. The molecule has 21 heavy (non-hydrogen) atoms. The van der Waals surface area contributed by atoms with Crippen LogP contribution < -0.4 is 5.32 Å². The molecule has 0 saturated heterocycles. The van der Waals surface area contributed by atoms with E-state index < -0.39 is 0 Å². The quantitative estimate of drug-likeness (QED) is 0.554. The van der Waals surface area contributed by atoms with Gasteiger partial charge in [0.1, 0.15) is 0 Å². The fraction of sp³-hybridized carbons (Fsp3) is 0. The number of allylic oxidation sites excluding steroid dienone is 1. The molecule has 102 valence electrons. The zero-order chi connectivity index (χ0) is 14.5. The highest BCUT2D eigenvalue weighted by atomic mass is 16.1. The Bertz CT molecular complexity index is 791. The third-order valence-corrected chi connectivity index (χ3v) is 3.29. The van der Waals surface area contributed by atoms with E-state index in [1.165, 1.54) is 0 Å². The minimum Gasteiger partial charge on any atom is -0.362 e. The Balaban J connectivity index is 1.74. The monoisotopic (exact) mass is 273 g/mol. The standard InChI is InChI=1S/C19H15NO/c21-19(12-13-20-18-8-2-1-3-9-18)17-11-10-15-6-4-5-7-16(15)14-17/h1-14,20H. The lowest BCUT2D eigenvalue weighted by Crippen LogP contribution is -1.96. The molecular weight excluding hydrogens is 258 g/mol. The molecule has 0 aliphatic heterocycles. The van der Waals surface area contributed by atoms with Gasteiger partial charge in [-0.15, -0.1) is 0 Å². The van der Waals surface area contributed by atoms with Gasteiger partial charge >= 0.3 is 0 Å². The first-order chi connectivity index (χ1) is 10.3. The lowest BCUT2D eigenvalue weighted by Gasteiger charge is -2.01. The molecule has 0 spiro atoms. The smallest absolute Gasteiger partial charge is 0.187 e. The molecule has 3 aromatic rings. The summed E-state index contributed by atoms with van der Waals surface area (Å²) in [7, 11) is 0. The van der Waals surface area contributed by atoms with E-state index in [1.54, 1.807) is 12.3 Å². The van der Waals surface area contributed by atoms with Crippen LogP contribution in [-0.2, 0) is 0 Å². The molecule has 3 aromatic carbocycles. The number of carbonyl (C=O) groups excluding carboxylic acids is 1. The lowest BCUT2D eigenvalue weighted by molar-refractivity contribution is 0.104. The summed E-state index contributed by atoms with van der Waals surface area (Å²) in [6.07, 6.45) is 3.23.